The van der Waals surface area contributed by atoms with Crippen LogP contribution in [0.4, 0.5) is 0 Å². The highest BCUT2D eigenvalue weighted by Crippen LogP contribution is 2.43. The second kappa shape index (κ2) is 12.9. The number of amidine groups is 1. The van der Waals surface area contributed by atoms with E-state index in [-0.39, 0.29) is 12.3 Å². The van der Waals surface area contributed by atoms with Gasteiger partial charge in [-0.25, -0.2) is 4.99 Å². The van der Waals surface area contributed by atoms with Crippen molar-refractivity contribution in [2.75, 3.05) is 0 Å². The van der Waals surface area contributed by atoms with Crippen LogP contribution in [0.5, 0.6) is 0 Å². The lowest BCUT2D eigenvalue weighted by Crippen LogP contribution is -2.45. The van der Waals surface area contributed by atoms with Gasteiger partial charge in [-0.05, 0) is 89.2 Å². The molecular formula is C51H36N4OS. The van der Waals surface area contributed by atoms with Crippen LogP contribution in [0.15, 0.2) is 173 Å². The summed E-state index contributed by atoms with van der Waals surface area (Å²) in [4.78, 5) is 5.30. The molecule has 2 atom stereocenters. The molecule has 272 valence electrons. The van der Waals surface area contributed by atoms with E-state index in [2.05, 4.69) is 179 Å². The Balaban J connectivity index is 0.994. The maximum atomic E-state index is 6.55. The molecule has 5 nitrogen and oxygen atoms in total. The third-order valence-corrected chi connectivity index (χ3v) is 13.0. The van der Waals surface area contributed by atoms with Gasteiger partial charge >= 0.3 is 0 Å². The average molecular weight is 753 g/mol. The predicted molar refractivity (Wildman–Crippen MR) is 237 cm³/mol. The molecular weight excluding hydrogens is 717 g/mol. The molecule has 0 spiro atoms. The van der Waals surface area contributed by atoms with E-state index in [1.54, 1.807) is 0 Å². The molecule has 0 amide bonds. The first kappa shape index (κ1) is 32.5. The molecule has 4 heterocycles. The van der Waals surface area contributed by atoms with Gasteiger partial charge in [0, 0.05) is 53.3 Å². The molecule has 10 aromatic rings. The number of hydrogen-bond donors (Lipinski definition) is 2. The van der Waals surface area contributed by atoms with Crippen LogP contribution in [0, 0.1) is 0 Å². The minimum atomic E-state index is -0.221. The third kappa shape index (κ3) is 5.22. The molecule has 7 aromatic carbocycles. The van der Waals surface area contributed by atoms with Gasteiger partial charge in [-0.1, -0.05) is 121 Å². The van der Waals surface area contributed by atoms with E-state index in [9.17, 15) is 0 Å². The van der Waals surface area contributed by atoms with Gasteiger partial charge in [-0.2, -0.15) is 0 Å². The van der Waals surface area contributed by atoms with Gasteiger partial charge in [0.15, 0.2) is 0 Å². The Bertz CT molecular complexity index is 3260. The van der Waals surface area contributed by atoms with Crippen LogP contribution in [0.25, 0.3) is 75.9 Å². The Labute approximate surface area is 333 Å². The summed E-state index contributed by atoms with van der Waals surface area (Å²) in [6.07, 6.45) is 6.44. The summed E-state index contributed by atoms with van der Waals surface area (Å²) in [7, 11) is 0. The molecule has 0 radical (unpaired) electrons. The van der Waals surface area contributed by atoms with Crippen LogP contribution in [-0.4, -0.2) is 10.4 Å². The van der Waals surface area contributed by atoms with Gasteiger partial charge in [-0.15, -0.1) is 11.3 Å². The van der Waals surface area contributed by atoms with Crippen LogP contribution < -0.4 is 10.6 Å². The quantitative estimate of drug-likeness (QED) is 0.184. The molecule has 1 aliphatic heterocycles. The predicted octanol–water partition coefficient (Wildman–Crippen LogP) is 12.9. The number of aliphatic imine (C=N–C) groups is 1. The van der Waals surface area contributed by atoms with Gasteiger partial charge in [0.2, 0.25) is 0 Å². The first-order valence-electron chi connectivity index (χ1n) is 19.7. The van der Waals surface area contributed by atoms with Crippen LogP contribution in [0.3, 0.4) is 0 Å². The molecule has 0 bridgehead atoms. The number of nitrogens with zero attached hydrogens (tertiary/aromatic N) is 2. The number of benzene rings is 7. The number of rotatable bonds is 5. The van der Waals surface area contributed by atoms with Gasteiger partial charge in [0.05, 0.1) is 5.52 Å². The number of nitrogens with one attached hydrogen (secondary N) is 2. The lowest BCUT2D eigenvalue weighted by atomic mass is 9.98. The summed E-state index contributed by atoms with van der Waals surface area (Å²) in [5.41, 5.74) is 12.6. The molecule has 6 heteroatoms. The molecule has 12 rings (SSSR count). The Morgan fingerprint density at radius 3 is 2.33 bits per heavy atom. The van der Waals surface area contributed by atoms with Gasteiger partial charge in [-0.3, -0.25) is 5.32 Å². The van der Waals surface area contributed by atoms with Gasteiger partial charge < -0.3 is 14.3 Å². The zero-order chi connectivity index (χ0) is 37.5. The zero-order valence-corrected chi connectivity index (χ0v) is 31.8. The number of furan rings is 1. The monoisotopic (exact) mass is 752 g/mol. The zero-order valence-electron chi connectivity index (χ0n) is 30.9. The van der Waals surface area contributed by atoms with Crippen LogP contribution in [-0.2, 0) is 6.42 Å². The summed E-state index contributed by atoms with van der Waals surface area (Å²) in [6.45, 7) is 0. The number of fused-ring (bicyclic) bond motifs is 9. The lowest BCUT2D eigenvalue weighted by Gasteiger charge is -2.32. The van der Waals surface area contributed by atoms with Crippen LogP contribution >= 0.6 is 11.3 Å². The molecule has 0 saturated carbocycles. The standard InChI is InChI=1S/C51H36N4OS/c1-3-13-31(14-4-1)49-52-50(32-15-5-2-6-16-32)54-51(53-49)39-21-12-24-45-47(39)41-29-33(25-27-44(41)56-45)35-19-11-20-38-40-30-34(26-28-46(40)57-48(35)38)55-42-22-9-7-17-36(42)37-18-8-10-23-43(37)55/h1-7,9-17,19-30,49-50,52H,8,18H2,(H,53,54). The Hall–Kier alpha value is -6.73. The summed E-state index contributed by atoms with van der Waals surface area (Å²) >= 11 is 1.87. The number of hydrogen-bond acceptors (Lipinski definition) is 5. The molecule has 2 unspecified atom stereocenters. The average Bonchev–Trinajstić information content (AvgIpc) is 3.96. The molecule has 57 heavy (non-hydrogen) atoms. The number of aromatic nitrogens is 1. The maximum Gasteiger partial charge on any atom is 0.136 e. The molecule has 2 aliphatic rings. The SMILES string of the molecule is C1=Cc2c(c3ccccc3n2-c2ccc3sc4c(-c5ccc6oc7cccc(C8=NC(c9ccccc9)NC(c9ccccc9)N8)c7c6c5)cccc4c3c2)CC1. The smallest absolute Gasteiger partial charge is 0.136 e. The first-order valence-corrected chi connectivity index (χ1v) is 20.5. The third-order valence-electron chi connectivity index (χ3n) is 11.8. The van der Waals surface area contributed by atoms with E-state index in [1.165, 1.54) is 53.6 Å². The fraction of sp³-hybridized carbons (Fsp3) is 0.0784. The second-order valence-electron chi connectivity index (χ2n) is 15.1. The van der Waals surface area contributed by atoms with Crippen molar-refractivity contribution in [2.45, 2.75) is 25.2 Å². The summed E-state index contributed by atoms with van der Waals surface area (Å²) < 4.78 is 11.6. The van der Waals surface area contributed by atoms with Crippen molar-refractivity contribution >= 4 is 76.3 Å². The Morgan fingerprint density at radius 1 is 0.649 bits per heavy atom. The minimum absolute atomic E-state index is 0.128. The van der Waals surface area contributed by atoms with E-state index in [0.29, 0.717) is 0 Å². The van der Waals surface area contributed by atoms with Crippen molar-refractivity contribution < 1.29 is 4.42 Å². The molecule has 1 aliphatic carbocycles. The van der Waals surface area contributed by atoms with Crippen molar-refractivity contribution in [1.82, 2.24) is 15.2 Å². The van der Waals surface area contributed by atoms with Crippen LogP contribution in [0.2, 0.25) is 0 Å². The minimum Gasteiger partial charge on any atom is -0.456 e. The Kier molecular flexibility index (Phi) is 7.37. The van der Waals surface area contributed by atoms with E-state index in [1.807, 2.05) is 17.4 Å². The number of para-hydroxylation sites is 1. The number of aryl methyl sites for hydroxylation is 1. The van der Waals surface area contributed by atoms with Crippen LogP contribution in [0.1, 0.15) is 46.7 Å². The van der Waals surface area contributed by atoms with Crippen molar-refractivity contribution in [3.8, 4) is 16.8 Å². The second-order valence-corrected chi connectivity index (χ2v) is 16.1. The fourth-order valence-corrected chi connectivity index (χ4v) is 10.3. The first-order chi connectivity index (χ1) is 28.2. The summed E-state index contributed by atoms with van der Waals surface area (Å²) in [5.74, 6) is 0.838. The summed E-state index contributed by atoms with van der Waals surface area (Å²) in [5, 5.41) is 13.5. The van der Waals surface area contributed by atoms with Crippen molar-refractivity contribution in [3.05, 3.63) is 192 Å². The summed E-state index contributed by atoms with van der Waals surface area (Å²) in [6, 6.07) is 56.5. The molecule has 0 saturated heterocycles. The van der Waals surface area contributed by atoms with Crippen molar-refractivity contribution in [3.63, 3.8) is 0 Å². The molecule has 3 aromatic heterocycles. The van der Waals surface area contributed by atoms with E-state index < -0.39 is 0 Å². The van der Waals surface area contributed by atoms with Crippen molar-refractivity contribution in [1.29, 1.82) is 0 Å². The number of allylic oxidation sites excluding steroid dienone is 1. The highest BCUT2D eigenvalue weighted by Gasteiger charge is 2.27. The molecule has 2 N–H and O–H groups in total. The maximum absolute atomic E-state index is 6.55. The highest BCUT2D eigenvalue weighted by molar-refractivity contribution is 7.26. The normalized spacial score (nSPS) is 16.7. The topological polar surface area (TPSA) is 54.5 Å². The Morgan fingerprint density at radius 2 is 1.44 bits per heavy atom. The van der Waals surface area contributed by atoms with E-state index in [0.717, 1.165) is 62.9 Å². The van der Waals surface area contributed by atoms with Gasteiger partial charge in [0.25, 0.3) is 0 Å². The number of thiophene rings is 1. The fourth-order valence-electron chi connectivity index (χ4n) is 9.13. The lowest BCUT2D eigenvalue weighted by molar-refractivity contribution is 0.409. The largest absolute Gasteiger partial charge is 0.456 e. The van der Waals surface area contributed by atoms with Gasteiger partial charge in [0.1, 0.15) is 29.3 Å². The van der Waals surface area contributed by atoms with E-state index >= 15 is 0 Å². The molecule has 0 fully saturated rings. The highest BCUT2D eigenvalue weighted by atomic mass is 32.1. The van der Waals surface area contributed by atoms with Crippen molar-refractivity contribution in [2.24, 2.45) is 4.99 Å². The van der Waals surface area contributed by atoms with E-state index in [4.69, 9.17) is 9.41 Å².